The number of rotatable bonds is 8. The third kappa shape index (κ3) is 6.15. The molecule has 0 fully saturated rings. The van der Waals surface area contributed by atoms with Crippen LogP contribution in [0.25, 0.3) is 0 Å². The molecule has 0 aliphatic rings. The van der Waals surface area contributed by atoms with Crippen LogP contribution in [-0.4, -0.2) is 52.4 Å². The molecule has 1 aromatic rings. The highest BCUT2D eigenvalue weighted by Crippen LogP contribution is 2.38. The molecule has 0 saturated carbocycles. The number of ether oxygens (including phenoxy) is 4. The Labute approximate surface area is 151 Å². The zero-order valence-corrected chi connectivity index (χ0v) is 15.5. The number of hydrogen-bond donors (Lipinski definition) is 2. The van der Waals surface area contributed by atoms with Crippen LogP contribution in [0.3, 0.4) is 0 Å². The number of urea groups is 1. The summed E-state index contributed by atoms with van der Waals surface area (Å²) in [6.45, 7) is 3.65. The fourth-order valence-corrected chi connectivity index (χ4v) is 1.92. The average molecular weight is 368 g/mol. The predicted molar refractivity (Wildman–Crippen MR) is 92.8 cm³/mol. The minimum absolute atomic E-state index is 0.108. The third-order valence-corrected chi connectivity index (χ3v) is 3.16. The number of esters is 1. The van der Waals surface area contributed by atoms with Gasteiger partial charge in [0.2, 0.25) is 5.75 Å². The predicted octanol–water partition coefficient (Wildman–Crippen LogP) is 1.35. The van der Waals surface area contributed by atoms with Crippen molar-refractivity contribution in [1.82, 2.24) is 10.6 Å². The summed E-state index contributed by atoms with van der Waals surface area (Å²) in [4.78, 5) is 35.3. The topological polar surface area (TPSA) is 112 Å². The number of carbonyl (C=O) groups is 3. The summed E-state index contributed by atoms with van der Waals surface area (Å²) >= 11 is 0. The van der Waals surface area contributed by atoms with E-state index in [0.717, 1.165) is 0 Å². The molecular weight excluding hydrogens is 344 g/mol. The van der Waals surface area contributed by atoms with Crippen molar-refractivity contribution in [1.29, 1.82) is 0 Å². The highest BCUT2D eigenvalue weighted by atomic mass is 16.5. The van der Waals surface area contributed by atoms with Crippen molar-refractivity contribution < 1.29 is 33.3 Å². The van der Waals surface area contributed by atoms with Crippen molar-refractivity contribution in [2.45, 2.75) is 13.8 Å². The van der Waals surface area contributed by atoms with Gasteiger partial charge >= 0.3 is 12.0 Å². The molecule has 9 nitrogen and oxygen atoms in total. The lowest BCUT2D eigenvalue weighted by Gasteiger charge is -2.13. The van der Waals surface area contributed by atoms with Crippen molar-refractivity contribution in [3.05, 3.63) is 17.7 Å². The van der Waals surface area contributed by atoms with E-state index in [4.69, 9.17) is 18.9 Å². The Morgan fingerprint density at radius 1 is 1.00 bits per heavy atom. The molecule has 9 heteroatoms. The minimum atomic E-state index is -0.776. The van der Waals surface area contributed by atoms with E-state index in [1.54, 1.807) is 0 Å². The Morgan fingerprint density at radius 3 is 2.04 bits per heavy atom. The van der Waals surface area contributed by atoms with Gasteiger partial charge in [0.25, 0.3) is 5.91 Å². The van der Waals surface area contributed by atoms with E-state index < -0.39 is 24.5 Å². The fraction of sp³-hybridized carbons (Fsp3) is 0.471. The number of hydrogen-bond acceptors (Lipinski definition) is 7. The second-order valence-corrected chi connectivity index (χ2v) is 5.64. The monoisotopic (exact) mass is 368 g/mol. The molecular formula is C17H24N2O7. The molecule has 2 N–H and O–H groups in total. The van der Waals surface area contributed by atoms with Gasteiger partial charge in [0.05, 0.1) is 26.9 Å². The normalized spacial score (nSPS) is 10.1. The molecule has 3 amide bonds. The first kappa shape index (κ1) is 21.1. The average Bonchev–Trinajstić information content (AvgIpc) is 2.62. The maximum absolute atomic E-state index is 12.1. The van der Waals surface area contributed by atoms with Gasteiger partial charge in [0.1, 0.15) is 0 Å². The quantitative estimate of drug-likeness (QED) is 0.666. The number of amides is 3. The van der Waals surface area contributed by atoms with Crippen molar-refractivity contribution >= 4 is 17.9 Å². The molecule has 26 heavy (non-hydrogen) atoms. The molecule has 0 saturated heterocycles. The Morgan fingerprint density at radius 2 is 1.58 bits per heavy atom. The lowest BCUT2D eigenvalue weighted by Crippen LogP contribution is -2.42. The highest BCUT2D eigenvalue weighted by Gasteiger charge is 2.19. The zero-order chi connectivity index (χ0) is 19.7. The molecule has 1 rings (SSSR count). The summed E-state index contributed by atoms with van der Waals surface area (Å²) in [5, 5.41) is 4.59. The van der Waals surface area contributed by atoms with Gasteiger partial charge in [0.15, 0.2) is 18.1 Å². The lowest BCUT2D eigenvalue weighted by molar-refractivity contribution is -0.123. The molecule has 0 aromatic heterocycles. The second-order valence-electron chi connectivity index (χ2n) is 5.64. The first-order valence-electron chi connectivity index (χ1n) is 7.87. The molecule has 0 atom stereocenters. The van der Waals surface area contributed by atoms with Gasteiger partial charge in [-0.05, 0) is 18.1 Å². The van der Waals surface area contributed by atoms with Gasteiger partial charge in [-0.3, -0.25) is 10.1 Å². The van der Waals surface area contributed by atoms with Crippen LogP contribution < -0.4 is 24.8 Å². The minimum Gasteiger partial charge on any atom is -0.493 e. The summed E-state index contributed by atoms with van der Waals surface area (Å²) in [5.41, 5.74) is 0.108. The van der Waals surface area contributed by atoms with E-state index in [9.17, 15) is 14.4 Å². The van der Waals surface area contributed by atoms with E-state index in [1.807, 2.05) is 13.8 Å². The van der Waals surface area contributed by atoms with Gasteiger partial charge in [0, 0.05) is 6.54 Å². The maximum Gasteiger partial charge on any atom is 0.338 e. The van der Waals surface area contributed by atoms with E-state index in [2.05, 4.69) is 10.6 Å². The highest BCUT2D eigenvalue weighted by molar-refractivity contribution is 5.97. The standard InChI is InChI=1S/C17H24N2O7/c1-10(2)8-18-17(22)19-14(20)9-26-16(21)11-6-12(23-3)15(25-5)13(7-11)24-4/h6-7,10H,8-9H2,1-5H3,(H2,18,19,20,22). The molecule has 0 aliphatic carbocycles. The fourth-order valence-electron chi connectivity index (χ4n) is 1.92. The van der Waals surface area contributed by atoms with Gasteiger partial charge < -0.3 is 24.3 Å². The molecule has 0 unspecified atom stereocenters. The van der Waals surface area contributed by atoms with Crippen molar-refractivity contribution in [2.24, 2.45) is 5.92 Å². The molecule has 1 aromatic carbocycles. The maximum atomic E-state index is 12.1. The Kier molecular flexibility index (Phi) is 8.20. The van der Waals surface area contributed by atoms with E-state index in [1.165, 1.54) is 33.5 Å². The number of carbonyl (C=O) groups excluding carboxylic acids is 3. The molecule has 0 bridgehead atoms. The van der Waals surface area contributed by atoms with E-state index >= 15 is 0 Å². The first-order valence-corrected chi connectivity index (χ1v) is 7.87. The van der Waals surface area contributed by atoms with E-state index in [0.29, 0.717) is 12.3 Å². The zero-order valence-electron chi connectivity index (χ0n) is 15.5. The van der Waals surface area contributed by atoms with Gasteiger partial charge in [-0.15, -0.1) is 0 Å². The summed E-state index contributed by atoms with van der Waals surface area (Å²) in [5.74, 6) is -0.401. The number of nitrogens with one attached hydrogen (secondary N) is 2. The Bertz CT molecular complexity index is 634. The van der Waals surface area contributed by atoms with Gasteiger partial charge in [-0.25, -0.2) is 9.59 Å². The van der Waals surface area contributed by atoms with Crippen LogP contribution in [0.1, 0.15) is 24.2 Å². The third-order valence-electron chi connectivity index (χ3n) is 3.16. The summed E-state index contributed by atoms with van der Waals surface area (Å²) in [6, 6.07) is 2.15. The molecule has 0 aliphatic heterocycles. The van der Waals surface area contributed by atoms with Gasteiger partial charge in [-0.1, -0.05) is 13.8 Å². The second kappa shape index (κ2) is 10.1. The summed E-state index contributed by atoms with van der Waals surface area (Å²) in [7, 11) is 4.26. The van der Waals surface area contributed by atoms with E-state index in [-0.39, 0.29) is 23.0 Å². The van der Waals surface area contributed by atoms with Crippen molar-refractivity contribution in [3.8, 4) is 17.2 Å². The van der Waals surface area contributed by atoms with Crippen LogP contribution in [-0.2, 0) is 9.53 Å². The largest absolute Gasteiger partial charge is 0.493 e. The Hall–Kier alpha value is -2.97. The van der Waals surface area contributed by atoms with Gasteiger partial charge in [-0.2, -0.15) is 0 Å². The van der Waals surface area contributed by atoms with Crippen LogP contribution in [0.15, 0.2) is 12.1 Å². The molecule has 144 valence electrons. The number of imide groups is 1. The van der Waals surface area contributed by atoms with Crippen molar-refractivity contribution in [2.75, 3.05) is 34.5 Å². The lowest BCUT2D eigenvalue weighted by atomic mass is 10.2. The molecule has 0 spiro atoms. The van der Waals surface area contributed by atoms with Crippen molar-refractivity contribution in [3.63, 3.8) is 0 Å². The molecule has 0 radical (unpaired) electrons. The van der Waals surface area contributed by atoms with Crippen LogP contribution >= 0.6 is 0 Å². The van der Waals surface area contributed by atoms with Crippen LogP contribution in [0.2, 0.25) is 0 Å². The van der Waals surface area contributed by atoms with Crippen LogP contribution in [0, 0.1) is 5.92 Å². The first-order chi connectivity index (χ1) is 12.3. The smallest absolute Gasteiger partial charge is 0.338 e. The Balaban J connectivity index is 2.68. The van der Waals surface area contributed by atoms with Crippen LogP contribution in [0.5, 0.6) is 17.2 Å². The SMILES string of the molecule is COc1cc(C(=O)OCC(=O)NC(=O)NCC(C)C)cc(OC)c1OC. The number of benzene rings is 1. The summed E-state index contributed by atoms with van der Waals surface area (Å²) < 4.78 is 20.4. The number of methoxy groups -OCH3 is 3. The molecule has 0 heterocycles. The summed E-state index contributed by atoms with van der Waals surface area (Å²) in [6.07, 6.45) is 0. The van der Waals surface area contributed by atoms with Crippen LogP contribution in [0.4, 0.5) is 4.79 Å².